The van der Waals surface area contributed by atoms with E-state index in [9.17, 15) is 13.2 Å². The summed E-state index contributed by atoms with van der Waals surface area (Å²) in [5, 5.41) is 2.92. The molecule has 2 heterocycles. The number of nitrogens with one attached hydrogen (secondary N) is 1. The van der Waals surface area contributed by atoms with Crippen LogP contribution in [-0.4, -0.2) is 26.9 Å². The fourth-order valence-electron chi connectivity index (χ4n) is 3.02. The van der Waals surface area contributed by atoms with Crippen molar-refractivity contribution in [3.63, 3.8) is 0 Å². The molecule has 0 saturated heterocycles. The molecule has 0 fully saturated rings. The Kier molecular flexibility index (Phi) is 3.45. The van der Waals surface area contributed by atoms with Gasteiger partial charge >= 0.3 is 0 Å². The molecule has 0 bridgehead atoms. The molecule has 1 atom stereocenters. The van der Waals surface area contributed by atoms with Crippen LogP contribution in [0, 0.1) is 0 Å². The van der Waals surface area contributed by atoms with Crippen LogP contribution in [0.1, 0.15) is 28.4 Å². The lowest BCUT2D eigenvalue weighted by Crippen LogP contribution is -2.33. The first-order valence-corrected chi connectivity index (χ1v) is 9.22. The van der Waals surface area contributed by atoms with Crippen molar-refractivity contribution in [2.45, 2.75) is 17.4 Å². The number of carbonyl (C=O) groups is 1. The Bertz CT molecular complexity index is 922. The van der Waals surface area contributed by atoms with Gasteiger partial charge in [-0.25, -0.2) is 8.42 Å². The molecular formula is C17H15NO5S. The maximum Gasteiger partial charge on any atom is 0.251 e. The number of amides is 1. The predicted octanol–water partition coefficient (Wildman–Crippen LogP) is 2.06. The van der Waals surface area contributed by atoms with Gasteiger partial charge in [0, 0.05) is 5.56 Å². The van der Waals surface area contributed by atoms with Crippen molar-refractivity contribution in [1.29, 1.82) is 0 Å². The first kappa shape index (κ1) is 15.0. The highest BCUT2D eigenvalue weighted by atomic mass is 32.2. The van der Waals surface area contributed by atoms with E-state index in [2.05, 4.69) is 5.32 Å². The molecule has 2 aliphatic rings. The van der Waals surface area contributed by atoms with Crippen LogP contribution >= 0.6 is 0 Å². The van der Waals surface area contributed by atoms with Crippen LogP contribution in [0.4, 0.5) is 0 Å². The summed E-state index contributed by atoms with van der Waals surface area (Å²) in [6.45, 7) is 0.147. The summed E-state index contributed by atoms with van der Waals surface area (Å²) in [6.07, 6.45) is 0.357. The zero-order chi connectivity index (χ0) is 16.7. The molecule has 1 N–H and O–H groups in total. The first-order valence-electron chi connectivity index (χ1n) is 7.57. The highest BCUT2D eigenvalue weighted by Crippen LogP contribution is 2.34. The van der Waals surface area contributed by atoms with Crippen molar-refractivity contribution < 1.29 is 22.7 Å². The number of benzene rings is 2. The van der Waals surface area contributed by atoms with Crippen molar-refractivity contribution in [3.8, 4) is 11.5 Å². The third kappa shape index (κ3) is 2.50. The van der Waals surface area contributed by atoms with Crippen molar-refractivity contribution in [3.05, 3.63) is 53.6 Å². The Morgan fingerprint density at radius 3 is 2.75 bits per heavy atom. The van der Waals surface area contributed by atoms with Gasteiger partial charge in [0.05, 0.1) is 16.7 Å². The lowest BCUT2D eigenvalue weighted by atomic mass is 10.0. The Balaban J connectivity index is 1.61. The zero-order valence-corrected chi connectivity index (χ0v) is 13.5. The van der Waals surface area contributed by atoms with Gasteiger partial charge in [0.1, 0.15) is 0 Å². The summed E-state index contributed by atoms with van der Waals surface area (Å²) in [6, 6.07) is 11.5. The Morgan fingerprint density at radius 2 is 1.88 bits per heavy atom. The molecule has 2 aliphatic heterocycles. The maximum atomic E-state index is 12.5. The molecule has 4 rings (SSSR count). The van der Waals surface area contributed by atoms with Gasteiger partial charge in [0.15, 0.2) is 21.3 Å². The zero-order valence-electron chi connectivity index (χ0n) is 12.7. The lowest BCUT2D eigenvalue weighted by Gasteiger charge is -2.26. The smallest absolute Gasteiger partial charge is 0.251 e. The summed E-state index contributed by atoms with van der Waals surface area (Å²) in [7, 11) is -3.27. The molecule has 0 aliphatic carbocycles. The van der Waals surface area contributed by atoms with E-state index in [1.165, 1.54) is 0 Å². The number of ether oxygens (including phenoxy) is 2. The summed E-state index contributed by atoms with van der Waals surface area (Å²) >= 11 is 0. The van der Waals surface area contributed by atoms with Gasteiger partial charge < -0.3 is 14.8 Å². The fraction of sp³-hybridized carbons (Fsp3) is 0.235. The van der Waals surface area contributed by atoms with Gasteiger partial charge in [-0.05, 0) is 36.2 Å². The third-order valence-electron chi connectivity index (χ3n) is 4.24. The van der Waals surface area contributed by atoms with E-state index in [0.29, 0.717) is 33.9 Å². The molecular weight excluding hydrogens is 330 g/mol. The van der Waals surface area contributed by atoms with Crippen molar-refractivity contribution in [2.75, 3.05) is 12.5 Å². The van der Waals surface area contributed by atoms with E-state index in [-0.39, 0.29) is 24.5 Å². The molecule has 1 amide bonds. The van der Waals surface area contributed by atoms with Crippen molar-refractivity contribution in [2.24, 2.45) is 0 Å². The average Bonchev–Trinajstić information content (AvgIpc) is 3.05. The van der Waals surface area contributed by atoms with E-state index in [1.54, 1.807) is 42.5 Å². The predicted molar refractivity (Wildman–Crippen MR) is 85.9 cm³/mol. The van der Waals surface area contributed by atoms with Gasteiger partial charge in [-0.2, -0.15) is 0 Å². The van der Waals surface area contributed by atoms with E-state index >= 15 is 0 Å². The van der Waals surface area contributed by atoms with Crippen molar-refractivity contribution in [1.82, 2.24) is 5.32 Å². The topological polar surface area (TPSA) is 81.7 Å². The molecule has 6 nitrogen and oxygen atoms in total. The van der Waals surface area contributed by atoms with Crippen LogP contribution in [0.15, 0.2) is 47.4 Å². The lowest BCUT2D eigenvalue weighted by molar-refractivity contribution is 0.0934. The van der Waals surface area contributed by atoms with E-state index in [0.717, 1.165) is 0 Å². The standard InChI is InChI=1S/C17H15NO5S/c19-17(11-5-6-14-15(9-11)23-10-22-14)18-13-7-8-24(20,21)16-4-2-1-3-12(13)16/h1-6,9,13H,7-8,10H2,(H,18,19)/t13-/m0/s1. The van der Waals surface area contributed by atoms with Gasteiger partial charge in [0.2, 0.25) is 6.79 Å². The monoisotopic (exact) mass is 345 g/mol. The minimum absolute atomic E-state index is 0.0239. The van der Waals surface area contributed by atoms with Crippen LogP contribution in [0.25, 0.3) is 0 Å². The number of hydrogen-bond donors (Lipinski definition) is 1. The van der Waals surface area contributed by atoms with Gasteiger partial charge in [0.25, 0.3) is 5.91 Å². The van der Waals surface area contributed by atoms with E-state index in [1.807, 2.05) is 0 Å². The van der Waals surface area contributed by atoms with Gasteiger partial charge in [-0.15, -0.1) is 0 Å². The second-order valence-corrected chi connectivity index (χ2v) is 7.82. The SMILES string of the molecule is O=C(N[C@H]1CCS(=O)(=O)c2ccccc21)c1ccc2c(c1)OCO2. The summed E-state index contributed by atoms with van der Waals surface area (Å²) in [5.74, 6) is 0.901. The Labute approximate surface area is 139 Å². The molecule has 2 aromatic rings. The number of carbonyl (C=O) groups excluding carboxylic acids is 1. The molecule has 0 radical (unpaired) electrons. The van der Waals surface area contributed by atoms with Crippen LogP contribution in [-0.2, 0) is 9.84 Å². The minimum Gasteiger partial charge on any atom is -0.454 e. The average molecular weight is 345 g/mol. The minimum atomic E-state index is -3.27. The molecule has 2 aromatic carbocycles. The molecule has 7 heteroatoms. The number of fused-ring (bicyclic) bond motifs is 2. The maximum absolute atomic E-state index is 12.5. The van der Waals surface area contributed by atoms with Crippen LogP contribution in [0.2, 0.25) is 0 Å². The molecule has 0 saturated carbocycles. The van der Waals surface area contributed by atoms with Crippen LogP contribution in [0.5, 0.6) is 11.5 Å². The summed E-state index contributed by atoms with van der Waals surface area (Å²) in [4.78, 5) is 12.8. The van der Waals surface area contributed by atoms with Crippen LogP contribution in [0.3, 0.4) is 0 Å². The quantitative estimate of drug-likeness (QED) is 0.901. The normalized spacial score (nSPS) is 20.2. The first-order chi connectivity index (χ1) is 11.5. The molecule has 24 heavy (non-hydrogen) atoms. The van der Waals surface area contributed by atoms with Crippen LogP contribution < -0.4 is 14.8 Å². The summed E-state index contributed by atoms with van der Waals surface area (Å²) in [5.41, 5.74) is 1.09. The van der Waals surface area contributed by atoms with Gasteiger partial charge in [-0.1, -0.05) is 18.2 Å². The number of sulfone groups is 1. The highest BCUT2D eigenvalue weighted by Gasteiger charge is 2.31. The molecule has 0 unspecified atom stereocenters. The Morgan fingerprint density at radius 1 is 1.08 bits per heavy atom. The van der Waals surface area contributed by atoms with Gasteiger partial charge in [-0.3, -0.25) is 4.79 Å². The third-order valence-corrected chi connectivity index (χ3v) is 6.06. The largest absolute Gasteiger partial charge is 0.454 e. The molecule has 0 spiro atoms. The van der Waals surface area contributed by atoms with E-state index in [4.69, 9.17) is 9.47 Å². The number of hydrogen-bond acceptors (Lipinski definition) is 5. The second-order valence-electron chi connectivity index (χ2n) is 5.74. The Hall–Kier alpha value is -2.54. The second kappa shape index (κ2) is 5.52. The van der Waals surface area contributed by atoms with Crippen molar-refractivity contribution >= 4 is 15.7 Å². The van der Waals surface area contributed by atoms with E-state index < -0.39 is 9.84 Å². The fourth-order valence-corrected chi connectivity index (χ4v) is 4.64. The molecule has 124 valence electrons. The number of rotatable bonds is 2. The summed E-state index contributed by atoms with van der Waals surface area (Å²) < 4.78 is 34.8. The molecule has 0 aromatic heterocycles. The highest BCUT2D eigenvalue weighted by molar-refractivity contribution is 7.91.